The predicted molar refractivity (Wildman–Crippen MR) is 144 cm³/mol. The molecular weight excluding hydrogens is 514 g/mol. The number of nitrogens with one attached hydrogen (secondary N) is 1. The van der Waals surface area contributed by atoms with E-state index in [1.54, 1.807) is 54.6 Å². The van der Waals surface area contributed by atoms with Crippen molar-refractivity contribution in [2.45, 2.75) is 16.7 Å². The second-order valence-corrected chi connectivity index (χ2v) is 10.5. The van der Waals surface area contributed by atoms with Gasteiger partial charge < -0.3 is 14.2 Å². The molecule has 9 nitrogen and oxygen atoms in total. The van der Waals surface area contributed by atoms with Gasteiger partial charge in [0, 0.05) is 10.5 Å². The maximum Gasteiger partial charge on any atom is 0.264 e. The van der Waals surface area contributed by atoms with Gasteiger partial charge in [-0.25, -0.2) is 13.8 Å². The van der Waals surface area contributed by atoms with Gasteiger partial charge >= 0.3 is 0 Å². The number of para-hydroxylation sites is 1. The summed E-state index contributed by atoms with van der Waals surface area (Å²) in [6, 6.07) is 18.4. The van der Waals surface area contributed by atoms with Crippen LogP contribution in [-0.4, -0.2) is 53.2 Å². The minimum atomic E-state index is -4.05. The van der Waals surface area contributed by atoms with E-state index in [0.717, 1.165) is 9.20 Å². The SMILES string of the molecule is CCOc1ccc(N(CC(=O)N/N=C\c2cccc3c2OCCO3)S(=O)(=O)c2ccc(SC)cc2)cc1. The molecule has 1 aliphatic rings. The molecule has 1 heterocycles. The van der Waals surface area contributed by atoms with Crippen LogP contribution >= 0.6 is 11.8 Å². The van der Waals surface area contributed by atoms with Crippen molar-refractivity contribution in [2.24, 2.45) is 5.10 Å². The summed E-state index contributed by atoms with van der Waals surface area (Å²) in [5, 5.41) is 4.01. The fraction of sp³-hybridized carbons (Fsp3) is 0.231. The van der Waals surface area contributed by atoms with E-state index in [9.17, 15) is 13.2 Å². The first-order valence-corrected chi connectivity index (χ1v) is 14.2. The molecule has 0 saturated heterocycles. The van der Waals surface area contributed by atoms with Crippen molar-refractivity contribution in [3.8, 4) is 17.2 Å². The van der Waals surface area contributed by atoms with Crippen LogP contribution in [0.3, 0.4) is 0 Å². The Labute approximate surface area is 220 Å². The summed E-state index contributed by atoms with van der Waals surface area (Å²) in [4.78, 5) is 13.8. The molecule has 0 bridgehead atoms. The van der Waals surface area contributed by atoms with E-state index < -0.39 is 22.5 Å². The number of hydrogen-bond donors (Lipinski definition) is 1. The Kier molecular flexibility index (Phi) is 8.57. The summed E-state index contributed by atoms with van der Waals surface area (Å²) in [7, 11) is -4.05. The summed E-state index contributed by atoms with van der Waals surface area (Å²) < 4.78 is 44.9. The number of thioether (sulfide) groups is 1. The van der Waals surface area contributed by atoms with Crippen molar-refractivity contribution in [3.05, 3.63) is 72.3 Å². The van der Waals surface area contributed by atoms with Crippen LogP contribution in [0.15, 0.2) is 81.6 Å². The number of carbonyl (C=O) groups excluding carboxylic acids is 1. The molecule has 0 aromatic heterocycles. The van der Waals surface area contributed by atoms with Crippen molar-refractivity contribution in [1.82, 2.24) is 5.43 Å². The largest absolute Gasteiger partial charge is 0.494 e. The van der Waals surface area contributed by atoms with Crippen LogP contribution in [0.5, 0.6) is 17.2 Å². The van der Waals surface area contributed by atoms with Gasteiger partial charge in [0.15, 0.2) is 11.5 Å². The number of amides is 1. The van der Waals surface area contributed by atoms with Gasteiger partial charge in [-0.2, -0.15) is 5.10 Å². The molecule has 3 aromatic carbocycles. The summed E-state index contributed by atoms with van der Waals surface area (Å²) in [5.74, 6) is 1.12. The molecule has 0 aliphatic carbocycles. The quantitative estimate of drug-likeness (QED) is 0.236. The fourth-order valence-corrected chi connectivity index (χ4v) is 5.43. The molecule has 0 saturated carbocycles. The zero-order valence-electron chi connectivity index (χ0n) is 20.4. The van der Waals surface area contributed by atoms with E-state index in [4.69, 9.17) is 14.2 Å². The Balaban J connectivity index is 1.55. The predicted octanol–water partition coefficient (Wildman–Crippen LogP) is 3.92. The number of ether oxygens (including phenoxy) is 3. The molecule has 0 radical (unpaired) electrons. The number of hydrazone groups is 1. The van der Waals surface area contributed by atoms with Crippen LogP contribution < -0.4 is 23.9 Å². The standard InChI is InChI=1S/C26H27N3O6S2/c1-3-33-21-9-7-20(8-10-21)29(37(31,32)23-13-11-22(36-2)12-14-23)18-25(30)28-27-17-19-5-4-6-24-26(19)35-16-15-34-24/h4-14,17H,3,15-16,18H2,1-2H3,(H,28,30)/b27-17-. The Bertz CT molecular complexity index is 1360. The van der Waals surface area contributed by atoms with E-state index in [-0.39, 0.29) is 4.90 Å². The summed E-state index contributed by atoms with van der Waals surface area (Å²) in [6.45, 7) is 2.73. The Morgan fingerprint density at radius 3 is 2.51 bits per heavy atom. The highest BCUT2D eigenvalue weighted by Gasteiger charge is 2.27. The van der Waals surface area contributed by atoms with Gasteiger partial charge in [-0.05, 0) is 73.8 Å². The van der Waals surface area contributed by atoms with Crippen molar-refractivity contribution in [3.63, 3.8) is 0 Å². The molecule has 3 aromatic rings. The normalized spacial score (nSPS) is 12.8. The van der Waals surface area contributed by atoms with E-state index >= 15 is 0 Å². The Morgan fingerprint density at radius 1 is 1.08 bits per heavy atom. The van der Waals surface area contributed by atoms with Crippen LogP contribution in [0.25, 0.3) is 0 Å². The highest BCUT2D eigenvalue weighted by atomic mass is 32.2. The topological polar surface area (TPSA) is 107 Å². The highest BCUT2D eigenvalue weighted by Crippen LogP contribution is 2.32. The molecule has 37 heavy (non-hydrogen) atoms. The number of carbonyl (C=O) groups is 1. The number of fused-ring (bicyclic) bond motifs is 1. The molecule has 1 amide bonds. The maximum absolute atomic E-state index is 13.6. The van der Waals surface area contributed by atoms with Gasteiger partial charge in [0.05, 0.1) is 23.4 Å². The van der Waals surface area contributed by atoms with Gasteiger partial charge in [0.25, 0.3) is 15.9 Å². The highest BCUT2D eigenvalue weighted by molar-refractivity contribution is 7.98. The monoisotopic (exact) mass is 541 g/mol. The van der Waals surface area contributed by atoms with Crippen LogP contribution in [0.1, 0.15) is 12.5 Å². The van der Waals surface area contributed by atoms with Crippen molar-refractivity contribution >= 4 is 39.6 Å². The fourth-order valence-electron chi connectivity index (χ4n) is 3.60. The summed E-state index contributed by atoms with van der Waals surface area (Å²) in [6.07, 6.45) is 3.34. The van der Waals surface area contributed by atoms with Crippen LogP contribution in [0.4, 0.5) is 5.69 Å². The lowest BCUT2D eigenvalue weighted by Gasteiger charge is -2.24. The number of nitrogens with zero attached hydrogens (tertiary/aromatic N) is 2. The number of sulfonamides is 1. The van der Waals surface area contributed by atoms with Crippen molar-refractivity contribution in [2.75, 3.05) is 36.9 Å². The molecule has 0 unspecified atom stereocenters. The Morgan fingerprint density at radius 2 is 1.81 bits per heavy atom. The molecule has 1 N–H and O–H groups in total. The first-order chi connectivity index (χ1) is 17.9. The van der Waals surface area contributed by atoms with Gasteiger partial charge in [0.1, 0.15) is 25.5 Å². The number of hydrogen-bond acceptors (Lipinski definition) is 8. The maximum atomic E-state index is 13.6. The van der Waals surface area contributed by atoms with Crippen LogP contribution in [0, 0.1) is 0 Å². The van der Waals surface area contributed by atoms with E-state index in [1.165, 1.54) is 30.1 Å². The number of anilines is 1. The average Bonchev–Trinajstić information content (AvgIpc) is 2.92. The smallest absolute Gasteiger partial charge is 0.264 e. The van der Waals surface area contributed by atoms with Gasteiger partial charge in [-0.1, -0.05) is 6.07 Å². The van der Waals surface area contributed by atoms with E-state index in [2.05, 4.69) is 10.5 Å². The van der Waals surface area contributed by atoms with Crippen LogP contribution in [0.2, 0.25) is 0 Å². The molecule has 0 spiro atoms. The molecular formula is C26H27N3O6S2. The van der Waals surface area contributed by atoms with Crippen molar-refractivity contribution < 1.29 is 27.4 Å². The van der Waals surface area contributed by atoms with E-state index in [1.807, 2.05) is 13.2 Å². The lowest BCUT2D eigenvalue weighted by molar-refractivity contribution is -0.119. The minimum Gasteiger partial charge on any atom is -0.494 e. The van der Waals surface area contributed by atoms with Gasteiger partial charge in [-0.3, -0.25) is 9.10 Å². The number of benzene rings is 3. The first-order valence-electron chi connectivity index (χ1n) is 11.5. The first kappa shape index (κ1) is 26.4. The van der Waals surface area contributed by atoms with Crippen LogP contribution in [-0.2, 0) is 14.8 Å². The lowest BCUT2D eigenvalue weighted by Crippen LogP contribution is -2.39. The molecule has 0 atom stereocenters. The van der Waals surface area contributed by atoms with Gasteiger partial charge in [-0.15, -0.1) is 11.8 Å². The zero-order valence-corrected chi connectivity index (χ0v) is 22.1. The molecule has 11 heteroatoms. The molecule has 1 aliphatic heterocycles. The molecule has 0 fully saturated rings. The van der Waals surface area contributed by atoms with E-state index in [0.29, 0.717) is 48.3 Å². The summed E-state index contributed by atoms with van der Waals surface area (Å²) in [5.41, 5.74) is 3.36. The molecule has 194 valence electrons. The Hall–Kier alpha value is -3.70. The number of rotatable bonds is 10. The molecule has 4 rings (SSSR count). The third kappa shape index (κ3) is 6.36. The minimum absolute atomic E-state index is 0.0727. The van der Waals surface area contributed by atoms with Gasteiger partial charge in [0.2, 0.25) is 0 Å². The third-order valence-electron chi connectivity index (χ3n) is 5.36. The third-order valence-corrected chi connectivity index (χ3v) is 7.89. The second-order valence-electron chi connectivity index (χ2n) is 7.78. The zero-order chi connectivity index (χ0) is 26.3. The summed E-state index contributed by atoms with van der Waals surface area (Å²) >= 11 is 1.51. The average molecular weight is 542 g/mol. The lowest BCUT2D eigenvalue weighted by atomic mass is 10.2. The second kappa shape index (κ2) is 12.0. The van der Waals surface area contributed by atoms with Crippen molar-refractivity contribution in [1.29, 1.82) is 0 Å².